The molecule has 0 aliphatic heterocycles. The molecule has 25 heavy (non-hydrogen) atoms. The highest BCUT2D eigenvalue weighted by Gasteiger charge is 2.23. The van der Waals surface area contributed by atoms with Gasteiger partial charge in [-0.1, -0.05) is 0 Å². The quantitative estimate of drug-likeness (QED) is 0.724. The number of benzene rings is 1. The lowest BCUT2D eigenvalue weighted by molar-refractivity contribution is 0.0601. The molecule has 0 bridgehead atoms. The van der Waals surface area contributed by atoms with Crippen molar-refractivity contribution in [3.05, 3.63) is 38.2 Å². The lowest BCUT2D eigenvalue weighted by Gasteiger charge is -2.12. The van der Waals surface area contributed by atoms with Crippen LogP contribution in [0.3, 0.4) is 0 Å². The Labute approximate surface area is 158 Å². The first-order valence-electron chi connectivity index (χ1n) is 7.25. The number of rotatable bonds is 5. The summed E-state index contributed by atoms with van der Waals surface area (Å²) in [6.07, 6.45) is 0. The van der Waals surface area contributed by atoms with Crippen LogP contribution in [0.5, 0.6) is 11.5 Å². The number of halogens is 1. The molecule has 2 aromatic rings. The molecule has 0 spiro atoms. The van der Waals surface area contributed by atoms with Crippen molar-refractivity contribution in [2.45, 2.75) is 13.8 Å². The first-order chi connectivity index (χ1) is 11.8. The maximum atomic E-state index is 12.7. The van der Waals surface area contributed by atoms with Crippen LogP contribution in [0.15, 0.2) is 16.6 Å². The summed E-state index contributed by atoms with van der Waals surface area (Å²) < 4.78 is 15.9. The van der Waals surface area contributed by atoms with Crippen LogP contribution < -0.4 is 14.8 Å². The normalized spacial score (nSPS) is 10.3. The number of ether oxygens (including phenoxy) is 3. The second-order valence-corrected chi connectivity index (χ2v) is 7.15. The Morgan fingerprint density at radius 2 is 1.64 bits per heavy atom. The van der Waals surface area contributed by atoms with E-state index in [1.165, 1.54) is 32.7 Å². The third kappa shape index (κ3) is 3.80. The molecule has 8 heteroatoms. The number of carbonyl (C=O) groups excluding carboxylic acids is 2. The Hall–Kier alpha value is -2.06. The van der Waals surface area contributed by atoms with Crippen LogP contribution in [0.4, 0.5) is 5.00 Å². The zero-order valence-corrected chi connectivity index (χ0v) is 16.9. The molecule has 0 saturated carbocycles. The predicted molar refractivity (Wildman–Crippen MR) is 100 cm³/mol. The number of thiophene rings is 1. The number of hydrogen-bond donors (Lipinski definition) is 1. The maximum absolute atomic E-state index is 12.7. The van der Waals surface area contributed by atoms with E-state index in [-0.39, 0.29) is 5.91 Å². The average Bonchev–Trinajstić information content (AvgIpc) is 2.88. The standard InChI is InChI=1S/C17H18BrNO5S/c1-8-9(2)25-16(13(8)17(21)24-5)19-15(20)10-6-11(22-3)14(18)12(7-10)23-4/h6-7H,1-5H3,(H,19,20). The van der Waals surface area contributed by atoms with E-state index in [0.29, 0.717) is 32.1 Å². The van der Waals surface area contributed by atoms with Gasteiger partial charge < -0.3 is 19.5 Å². The summed E-state index contributed by atoms with van der Waals surface area (Å²) in [6, 6.07) is 3.18. The van der Waals surface area contributed by atoms with E-state index in [1.807, 2.05) is 13.8 Å². The summed E-state index contributed by atoms with van der Waals surface area (Å²) in [6.45, 7) is 3.70. The second-order valence-electron chi connectivity index (χ2n) is 5.13. The van der Waals surface area contributed by atoms with Gasteiger partial charge in [0.1, 0.15) is 21.0 Å². The molecule has 134 valence electrons. The van der Waals surface area contributed by atoms with Crippen molar-refractivity contribution in [1.82, 2.24) is 0 Å². The number of hydrogen-bond acceptors (Lipinski definition) is 6. The van der Waals surface area contributed by atoms with E-state index in [1.54, 1.807) is 12.1 Å². The van der Waals surface area contributed by atoms with Crippen molar-refractivity contribution in [1.29, 1.82) is 0 Å². The smallest absolute Gasteiger partial charge is 0.341 e. The Bertz CT molecular complexity index is 806. The first-order valence-corrected chi connectivity index (χ1v) is 8.86. The Balaban J connectivity index is 2.41. The van der Waals surface area contributed by atoms with Gasteiger partial charge in [-0.15, -0.1) is 11.3 Å². The topological polar surface area (TPSA) is 73.9 Å². The lowest BCUT2D eigenvalue weighted by Crippen LogP contribution is -2.14. The summed E-state index contributed by atoms with van der Waals surface area (Å²) in [5.74, 6) is 0.0751. The zero-order valence-electron chi connectivity index (χ0n) is 14.5. The average molecular weight is 428 g/mol. The van der Waals surface area contributed by atoms with E-state index in [2.05, 4.69) is 21.2 Å². The molecule has 0 radical (unpaired) electrons. The summed E-state index contributed by atoms with van der Waals surface area (Å²) in [5, 5.41) is 3.23. The van der Waals surface area contributed by atoms with Gasteiger partial charge in [0.15, 0.2) is 0 Å². The van der Waals surface area contributed by atoms with Crippen LogP contribution in [0, 0.1) is 13.8 Å². The molecule has 2 rings (SSSR count). The maximum Gasteiger partial charge on any atom is 0.341 e. The fourth-order valence-electron chi connectivity index (χ4n) is 2.24. The minimum absolute atomic E-state index is 0.344. The van der Waals surface area contributed by atoms with Gasteiger partial charge in [-0.05, 0) is 47.5 Å². The van der Waals surface area contributed by atoms with Crippen LogP contribution in [0.2, 0.25) is 0 Å². The third-order valence-electron chi connectivity index (χ3n) is 3.71. The number of nitrogens with one attached hydrogen (secondary N) is 1. The van der Waals surface area contributed by atoms with Gasteiger partial charge in [-0.2, -0.15) is 0 Å². The van der Waals surface area contributed by atoms with E-state index in [4.69, 9.17) is 14.2 Å². The molecule has 1 aromatic carbocycles. The van der Waals surface area contributed by atoms with Crippen molar-refractivity contribution < 1.29 is 23.8 Å². The molecule has 1 amide bonds. The van der Waals surface area contributed by atoms with Gasteiger partial charge in [0.25, 0.3) is 5.91 Å². The monoisotopic (exact) mass is 427 g/mol. The van der Waals surface area contributed by atoms with E-state index in [9.17, 15) is 9.59 Å². The molecule has 0 atom stereocenters. The summed E-state index contributed by atoms with van der Waals surface area (Å²) in [4.78, 5) is 25.6. The molecule has 1 aromatic heterocycles. The Kier molecular flexibility index (Phi) is 6.07. The fourth-order valence-corrected chi connectivity index (χ4v) is 3.83. The summed E-state index contributed by atoms with van der Waals surface area (Å²) >= 11 is 4.69. The van der Waals surface area contributed by atoms with Crippen molar-refractivity contribution >= 4 is 44.1 Å². The third-order valence-corrected chi connectivity index (χ3v) is 5.61. The summed E-state index contributed by atoms with van der Waals surface area (Å²) in [5.41, 5.74) is 1.50. The van der Waals surface area contributed by atoms with Crippen molar-refractivity contribution in [2.75, 3.05) is 26.6 Å². The molecule has 0 aliphatic rings. The highest BCUT2D eigenvalue weighted by Crippen LogP contribution is 2.37. The molecular weight excluding hydrogens is 410 g/mol. The van der Waals surface area contributed by atoms with Crippen LogP contribution >= 0.6 is 27.3 Å². The van der Waals surface area contributed by atoms with Gasteiger partial charge in [0.2, 0.25) is 0 Å². The number of carbonyl (C=O) groups is 2. The highest BCUT2D eigenvalue weighted by atomic mass is 79.9. The highest BCUT2D eigenvalue weighted by molar-refractivity contribution is 9.10. The van der Waals surface area contributed by atoms with Gasteiger partial charge in [0.05, 0.1) is 26.9 Å². The number of methoxy groups -OCH3 is 3. The summed E-state index contributed by atoms with van der Waals surface area (Å²) in [7, 11) is 4.32. The molecule has 0 fully saturated rings. The first kappa shape index (κ1) is 19.3. The molecule has 0 aliphatic carbocycles. The fraction of sp³-hybridized carbons (Fsp3) is 0.294. The number of aryl methyl sites for hydroxylation is 1. The number of anilines is 1. The minimum Gasteiger partial charge on any atom is -0.495 e. The second kappa shape index (κ2) is 7.88. The van der Waals surface area contributed by atoms with Crippen LogP contribution in [0.1, 0.15) is 31.2 Å². The molecule has 6 nitrogen and oxygen atoms in total. The van der Waals surface area contributed by atoms with Gasteiger partial charge >= 0.3 is 5.97 Å². The molecule has 1 N–H and O–H groups in total. The largest absolute Gasteiger partial charge is 0.495 e. The van der Waals surface area contributed by atoms with E-state index >= 15 is 0 Å². The van der Waals surface area contributed by atoms with Gasteiger partial charge in [0, 0.05) is 10.4 Å². The molecule has 0 saturated heterocycles. The molecule has 1 heterocycles. The minimum atomic E-state index is -0.483. The SMILES string of the molecule is COC(=O)c1c(NC(=O)c2cc(OC)c(Br)c(OC)c2)sc(C)c1C. The Morgan fingerprint density at radius 1 is 1.08 bits per heavy atom. The van der Waals surface area contributed by atoms with Crippen molar-refractivity contribution in [3.8, 4) is 11.5 Å². The van der Waals surface area contributed by atoms with Crippen LogP contribution in [-0.2, 0) is 4.74 Å². The Morgan fingerprint density at radius 3 is 2.12 bits per heavy atom. The molecular formula is C17H18BrNO5S. The molecule has 0 unspecified atom stereocenters. The van der Waals surface area contributed by atoms with Gasteiger partial charge in [-0.3, -0.25) is 4.79 Å². The lowest BCUT2D eigenvalue weighted by atomic mass is 10.1. The number of esters is 1. The van der Waals surface area contributed by atoms with Crippen LogP contribution in [-0.4, -0.2) is 33.2 Å². The van der Waals surface area contributed by atoms with Crippen molar-refractivity contribution in [3.63, 3.8) is 0 Å². The zero-order chi connectivity index (χ0) is 18.7. The van der Waals surface area contributed by atoms with Crippen molar-refractivity contribution in [2.24, 2.45) is 0 Å². The van der Waals surface area contributed by atoms with E-state index in [0.717, 1.165) is 10.4 Å². The predicted octanol–water partition coefficient (Wildman–Crippen LogP) is 4.18. The van der Waals surface area contributed by atoms with Gasteiger partial charge in [-0.25, -0.2) is 4.79 Å². The van der Waals surface area contributed by atoms with E-state index < -0.39 is 5.97 Å². The van der Waals surface area contributed by atoms with Crippen LogP contribution in [0.25, 0.3) is 0 Å². The number of amides is 1.